The van der Waals surface area contributed by atoms with Crippen LogP contribution in [-0.4, -0.2) is 43.8 Å². The van der Waals surface area contributed by atoms with Crippen LogP contribution in [0.5, 0.6) is 0 Å². The van der Waals surface area contributed by atoms with E-state index in [2.05, 4.69) is 5.32 Å². The Bertz CT molecular complexity index is 994. The molecule has 0 aliphatic carbocycles. The molecule has 2 unspecified atom stereocenters. The number of benzene rings is 1. The van der Waals surface area contributed by atoms with E-state index in [-0.39, 0.29) is 17.3 Å². The molecule has 10 heteroatoms. The van der Waals surface area contributed by atoms with Crippen LogP contribution in [0.2, 0.25) is 5.02 Å². The van der Waals surface area contributed by atoms with Gasteiger partial charge in [-0.05, 0) is 42.8 Å². The van der Waals surface area contributed by atoms with Crippen molar-refractivity contribution < 1.29 is 22.7 Å². The standard InChI is InChI=1S/C20H23ClN2O5S2/c1-14(19(24)22-12-15-6-2-3-8-17(15)21)28-20(25)16-7-4-10-23(13-16)30(26,27)18-9-5-11-29-18/h2-3,5-6,8-9,11,14,16H,4,7,10,12-13H2,1H3,(H,22,24). The normalized spacial score (nSPS) is 18.5. The van der Waals surface area contributed by atoms with Crippen LogP contribution in [0.4, 0.5) is 0 Å². The lowest BCUT2D eigenvalue weighted by Gasteiger charge is -2.30. The van der Waals surface area contributed by atoms with Crippen LogP contribution in [-0.2, 0) is 30.9 Å². The van der Waals surface area contributed by atoms with Crippen molar-refractivity contribution in [2.45, 2.75) is 36.6 Å². The molecule has 1 aliphatic rings. The lowest BCUT2D eigenvalue weighted by atomic mass is 10.00. The van der Waals surface area contributed by atoms with Gasteiger partial charge in [-0.2, -0.15) is 4.31 Å². The summed E-state index contributed by atoms with van der Waals surface area (Å²) in [4.78, 5) is 24.8. The van der Waals surface area contributed by atoms with E-state index in [0.717, 1.165) is 16.9 Å². The molecule has 0 saturated carbocycles. The summed E-state index contributed by atoms with van der Waals surface area (Å²) < 4.78 is 32.3. The quantitative estimate of drug-likeness (QED) is 0.628. The van der Waals surface area contributed by atoms with Crippen LogP contribution in [0.1, 0.15) is 25.3 Å². The Morgan fingerprint density at radius 3 is 2.77 bits per heavy atom. The van der Waals surface area contributed by atoms with E-state index < -0.39 is 33.9 Å². The van der Waals surface area contributed by atoms with Crippen LogP contribution in [0.15, 0.2) is 46.0 Å². The molecule has 1 saturated heterocycles. The Kier molecular flexibility index (Phi) is 7.51. The van der Waals surface area contributed by atoms with Gasteiger partial charge in [0.25, 0.3) is 15.9 Å². The van der Waals surface area contributed by atoms with Gasteiger partial charge in [0.05, 0.1) is 5.92 Å². The molecule has 0 radical (unpaired) electrons. The lowest BCUT2D eigenvalue weighted by Crippen LogP contribution is -2.44. The van der Waals surface area contributed by atoms with Crippen molar-refractivity contribution in [3.05, 3.63) is 52.4 Å². The smallest absolute Gasteiger partial charge is 0.311 e. The highest BCUT2D eigenvalue weighted by atomic mass is 35.5. The maximum Gasteiger partial charge on any atom is 0.311 e. The maximum absolute atomic E-state index is 12.7. The molecule has 0 spiro atoms. The molecule has 1 aromatic heterocycles. The predicted molar refractivity (Wildman–Crippen MR) is 115 cm³/mol. The van der Waals surface area contributed by atoms with E-state index in [4.69, 9.17) is 16.3 Å². The molecule has 1 amide bonds. The third-order valence-electron chi connectivity index (χ3n) is 4.88. The van der Waals surface area contributed by atoms with Gasteiger partial charge in [-0.25, -0.2) is 8.42 Å². The SMILES string of the molecule is CC(OC(=O)C1CCCN(S(=O)(=O)c2cccs2)C1)C(=O)NCc1ccccc1Cl. The highest BCUT2D eigenvalue weighted by molar-refractivity contribution is 7.91. The molecule has 1 N–H and O–H groups in total. The number of hydrogen-bond acceptors (Lipinski definition) is 6. The van der Waals surface area contributed by atoms with Crippen LogP contribution in [0.25, 0.3) is 0 Å². The molecular formula is C20H23ClN2O5S2. The van der Waals surface area contributed by atoms with E-state index in [1.807, 2.05) is 6.07 Å². The van der Waals surface area contributed by atoms with Crippen LogP contribution >= 0.6 is 22.9 Å². The van der Waals surface area contributed by atoms with Gasteiger partial charge in [-0.15, -0.1) is 11.3 Å². The third kappa shape index (κ3) is 5.40. The first-order valence-corrected chi connectivity index (χ1v) is 12.2. The Balaban J connectivity index is 1.54. The van der Waals surface area contributed by atoms with Gasteiger partial charge in [0, 0.05) is 24.7 Å². The minimum atomic E-state index is -3.62. The number of thiophene rings is 1. The Labute approximate surface area is 185 Å². The fraction of sp³-hybridized carbons (Fsp3) is 0.400. The fourth-order valence-corrected chi connectivity index (χ4v) is 6.05. The van der Waals surface area contributed by atoms with Gasteiger partial charge < -0.3 is 10.1 Å². The summed E-state index contributed by atoms with van der Waals surface area (Å²) in [6, 6.07) is 10.4. The number of nitrogens with zero attached hydrogens (tertiary/aromatic N) is 1. The van der Waals surface area contributed by atoms with Gasteiger partial charge in [0.15, 0.2) is 6.10 Å². The number of piperidine rings is 1. The van der Waals surface area contributed by atoms with Gasteiger partial charge in [-0.3, -0.25) is 9.59 Å². The average molecular weight is 471 g/mol. The molecule has 1 aliphatic heterocycles. The highest BCUT2D eigenvalue weighted by Gasteiger charge is 2.35. The van der Waals surface area contributed by atoms with Crippen molar-refractivity contribution in [1.82, 2.24) is 9.62 Å². The van der Waals surface area contributed by atoms with Crippen molar-refractivity contribution in [2.75, 3.05) is 13.1 Å². The topological polar surface area (TPSA) is 92.8 Å². The minimum absolute atomic E-state index is 0.0486. The van der Waals surface area contributed by atoms with E-state index in [9.17, 15) is 18.0 Å². The van der Waals surface area contributed by atoms with Gasteiger partial charge >= 0.3 is 5.97 Å². The van der Waals surface area contributed by atoms with Crippen LogP contribution in [0.3, 0.4) is 0 Å². The molecule has 2 atom stereocenters. The second-order valence-corrected chi connectivity index (χ2v) is 10.5. The first-order chi connectivity index (χ1) is 14.3. The molecule has 162 valence electrons. The maximum atomic E-state index is 12.7. The Morgan fingerprint density at radius 2 is 2.07 bits per heavy atom. The molecule has 3 rings (SSSR count). The molecular weight excluding hydrogens is 448 g/mol. The Hall–Kier alpha value is -1.94. The predicted octanol–water partition coefficient (Wildman–Crippen LogP) is 3.05. The summed E-state index contributed by atoms with van der Waals surface area (Å²) in [6.07, 6.45) is 0.0741. The van der Waals surface area contributed by atoms with E-state index in [1.165, 1.54) is 11.2 Å². The van der Waals surface area contributed by atoms with Crippen molar-refractivity contribution in [3.63, 3.8) is 0 Å². The summed E-state index contributed by atoms with van der Waals surface area (Å²) in [6.45, 7) is 2.12. The zero-order valence-electron chi connectivity index (χ0n) is 16.4. The van der Waals surface area contributed by atoms with Crippen molar-refractivity contribution in [3.8, 4) is 0 Å². The molecule has 1 aromatic carbocycles. The minimum Gasteiger partial charge on any atom is -0.452 e. The number of carbonyl (C=O) groups is 2. The van der Waals surface area contributed by atoms with Crippen molar-refractivity contribution in [2.24, 2.45) is 5.92 Å². The second kappa shape index (κ2) is 9.91. The Morgan fingerprint density at radius 1 is 1.30 bits per heavy atom. The van der Waals surface area contributed by atoms with Gasteiger partial charge in [-0.1, -0.05) is 35.9 Å². The van der Waals surface area contributed by atoms with Crippen LogP contribution in [0, 0.1) is 5.92 Å². The summed E-state index contributed by atoms with van der Waals surface area (Å²) in [5.74, 6) is -1.61. The van der Waals surface area contributed by atoms with E-state index in [1.54, 1.807) is 35.7 Å². The first kappa shape index (κ1) is 22.7. The van der Waals surface area contributed by atoms with E-state index >= 15 is 0 Å². The molecule has 7 nitrogen and oxygen atoms in total. The first-order valence-electron chi connectivity index (χ1n) is 9.54. The number of halogens is 1. The van der Waals surface area contributed by atoms with E-state index in [0.29, 0.717) is 24.4 Å². The number of nitrogens with one attached hydrogen (secondary N) is 1. The molecule has 0 bridgehead atoms. The fourth-order valence-electron chi connectivity index (χ4n) is 3.18. The average Bonchev–Trinajstić information content (AvgIpc) is 3.29. The molecule has 30 heavy (non-hydrogen) atoms. The molecule has 1 fully saturated rings. The van der Waals surface area contributed by atoms with Crippen LogP contribution < -0.4 is 5.32 Å². The number of ether oxygens (including phenoxy) is 1. The lowest BCUT2D eigenvalue weighted by molar-refractivity contribution is -0.159. The largest absolute Gasteiger partial charge is 0.452 e. The third-order valence-corrected chi connectivity index (χ3v) is 8.49. The zero-order valence-corrected chi connectivity index (χ0v) is 18.8. The molecule has 2 aromatic rings. The van der Waals surface area contributed by atoms with Crippen molar-refractivity contribution in [1.29, 1.82) is 0 Å². The molecule has 2 heterocycles. The summed E-state index contributed by atoms with van der Waals surface area (Å²) in [5.41, 5.74) is 0.757. The number of carbonyl (C=O) groups excluding carboxylic acids is 2. The van der Waals surface area contributed by atoms with Gasteiger partial charge in [0.1, 0.15) is 4.21 Å². The number of esters is 1. The summed E-state index contributed by atoms with van der Waals surface area (Å²) in [5, 5.41) is 4.93. The number of amides is 1. The van der Waals surface area contributed by atoms with Crippen molar-refractivity contribution >= 4 is 44.8 Å². The number of rotatable bonds is 7. The summed E-state index contributed by atoms with van der Waals surface area (Å²) >= 11 is 7.22. The highest BCUT2D eigenvalue weighted by Crippen LogP contribution is 2.27. The number of hydrogen-bond donors (Lipinski definition) is 1. The second-order valence-electron chi connectivity index (χ2n) is 7.02. The van der Waals surface area contributed by atoms with Gasteiger partial charge in [0.2, 0.25) is 0 Å². The monoisotopic (exact) mass is 470 g/mol. The summed E-state index contributed by atoms with van der Waals surface area (Å²) in [7, 11) is -3.62. The zero-order chi connectivity index (χ0) is 21.7. The number of sulfonamides is 1.